The molecule has 0 saturated carbocycles. The van der Waals surface area contributed by atoms with Gasteiger partial charge in [-0.25, -0.2) is 0 Å². The lowest BCUT2D eigenvalue weighted by atomic mass is 9.88. The molecule has 0 aromatic heterocycles. The van der Waals surface area contributed by atoms with E-state index in [1.54, 1.807) is 31.0 Å². The Balaban J connectivity index is 1.94. The molecule has 0 unspecified atom stereocenters. The van der Waals surface area contributed by atoms with Gasteiger partial charge in [-0.05, 0) is 58.5 Å². The highest BCUT2D eigenvalue weighted by Gasteiger charge is 2.13. The molecular formula is C27H29NO3. The van der Waals surface area contributed by atoms with Gasteiger partial charge in [-0.2, -0.15) is 0 Å². The van der Waals surface area contributed by atoms with E-state index in [-0.39, 0.29) is 11.7 Å². The molecule has 0 fully saturated rings. The molecular weight excluding hydrogens is 386 g/mol. The van der Waals surface area contributed by atoms with E-state index in [1.807, 2.05) is 30.3 Å². The zero-order chi connectivity index (χ0) is 22.2. The van der Waals surface area contributed by atoms with Crippen LogP contribution in [0.3, 0.4) is 0 Å². The number of hydrogen-bond acceptors (Lipinski definition) is 3. The third kappa shape index (κ3) is 5.76. The quantitative estimate of drug-likeness (QED) is 0.486. The molecule has 1 amide bonds. The van der Waals surface area contributed by atoms with Crippen LogP contribution in [0.4, 0.5) is 0 Å². The number of phenolic OH excluding ortho intramolecular Hbond substituents is 1. The van der Waals surface area contributed by atoms with Crippen LogP contribution in [0.25, 0.3) is 11.1 Å². The average molecular weight is 416 g/mol. The summed E-state index contributed by atoms with van der Waals surface area (Å²) < 4.78 is 5.81. The van der Waals surface area contributed by atoms with Crippen LogP contribution in [0.1, 0.15) is 37.0 Å². The number of aromatic hydroxyl groups is 1. The molecule has 1 N–H and O–H groups in total. The van der Waals surface area contributed by atoms with Crippen molar-refractivity contribution in [1.82, 2.24) is 4.90 Å². The van der Waals surface area contributed by atoms with E-state index in [2.05, 4.69) is 43.3 Å². The third-order valence-electron chi connectivity index (χ3n) is 5.31. The third-order valence-corrected chi connectivity index (χ3v) is 5.31. The summed E-state index contributed by atoms with van der Waals surface area (Å²) >= 11 is 0. The second-order valence-electron chi connectivity index (χ2n) is 7.43. The van der Waals surface area contributed by atoms with E-state index in [9.17, 15) is 9.90 Å². The van der Waals surface area contributed by atoms with Crippen LogP contribution in [-0.4, -0.2) is 36.1 Å². The first-order valence-electron chi connectivity index (χ1n) is 10.5. The highest BCUT2D eigenvalue weighted by molar-refractivity contribution is 5.98. The van der Waals surface area contributed by atoms with E-state index in [0.29, 0.717) is 13.2 Å². The van der Waals surface area contributed by atoms with Gasteiger partial charge < -0.3 is 14.7 Å². The Labute approximate surface area is 184 Å². The summed E-state index contributed by atoms with van der Waals surface area (Å²) in [6.45, 7) is 4.69. The summed E-state index contributed by atoms with van der Waals surface area (Å²) in [6.07, 6.45) is 0.871. The predicted octanol–water partition coefficient (Wildman–Crippen LogP) is 5.62. The number of nitrogens with zero attached hydrogens (tertiary/aromatic N) is 1. The molecule has 3 aromatic rings. The lowest BCUT2D eigenvalue weighted by Crippen LogP contribution is -2.28. The van der Waals surface area contributed by atoms with E-state index in [1.165, 1.54) is 11.1 Å². The number of allylic oxidation sites excluding steroid dienone is 1. The molecule has 160 valence electrons. The van der Waals surface area contributed by atoms with Gasteiger partial charge in [-0.1, -0.05) is 61.5 Å². The van der Waals surface area contributed by atoms with Gasteiger partial charge in [0.25, 0.3) is 0 Å². The lowest BCUT2D eigenvalue weighted by Gasteiger charge is -2.17. The number of carbonyl (C=O) groups excluding carboxylic acids is 1. The van der Waals surface area contributed by atoms with E-state index >= 15 is 0 Å². The summed E-state index contributed by atoms with van der Waals surface area (Å²) in [5.74, 6) is 1.04. The van der Waals surface area contributed by atoms with Crippen LogP contribution in [0, 0.1) is 0 Å². The van der Waals surface area contributed by atoms with Crippen LogP contribution in [-0.2, 0) is 4.79 Å². The van der Waals surface area contributed by atoms with Crippen molar-refractivity contribution in [1.29, 1.82) is 0 Å². The Hall–Kier alpha value is -3.53. The average Bonchev–Trinajstić information content (AvgIpc) is 2.79. The van der Waals surface area contributed by atoms with E-state index < -0.39 is 0 Å². The molecule has 0 aliphatic rings. The molecule has 3 aromatic carbocycles. The maximum absolute atomic E-state index is 11.3. The van der Waals surface area contributed by atoms with Crippen LogP contribution < -0.4 is 4.74 Å². The minimum atomic E-state index is 0.0237. The maximum Gasteiger partial charge on any atom is 0.219 e. The van der Waals surface area contributed by atoms with Gasteiger partial charge in [-0.15, -0.1) is 0 Å². The summed E-state index contributed by atoms with van der Waals surface area (Å²) in [5, 5.41) is 9.76. The monoisotopic (exact) mass is 415 g/mol. The first kappa shape index (κ1) is 22.2. The van der Waals surface area contributed by atoms with Crippen molar-refractivity contribution in [3.63, 3.8) is 0 Å². The van der Waals surface area contributed by atoms with Gasteiger partial charge >= 0.3 is 0 Å². The SMILES string of the molecule is CC/C(=C(\c1ccc(O)cc1)c1ccc(OCCN(C)C(C)=O)cc1)c1ccccc1. The highest BCUT2D eigenvalue weighted by Crippen LogP contribution is 2.35. The first-order valence-corrected chi connectivity index (χ1v) is 10.5. The van der Waals surface area contributed by atoms with Gasteiger partial charge in [0.2, 0.25) is 5.91 Å². The van der Waals surface area contributed by atoms with Crippen molar-refractivity contribution < 1.29 is 14.6 Å². The molecule has 0 saturated heterocycles. The number of phenols is 1. The second-order valence-corrected chi connectivity index (χ2v) is 7.43. The minimum absolute atomic E-state index is 0.0237. The Bertz CT molecular complexity index is 1020. The largest absolute Gasteiger partial charge is 0.508 e. The number of carbonyl (C=O) groups is 1. The molecule has 4 heteroatoms. The second kappa shape index (κ2) is 10.5. The van der Waals surface area contributed by atoms with Crippen LogP contribution in [0.15, 0.2) is 78.9 Å². The molecule has 0 aliphatic carbocycles. The Kier molecular flexibility index (Phi) is 7.50. The summed E-state index contributed by atoms with van der Waals surface area (Å²) in [5.41, 5.74) is 5.69. The Morgan fingerprint density at radius 2 is 1.45 bits per heavy atom. The van der Waals surface area contributed by atoms with Crippen molar-refractivity contribution in [2.45, 2.75) is 20.3 Å². The summed E-state index contributed by atoms with van der Waals surface area (Å²) in [7, 11) is 1.76. The molecule has 0 radical (unpaired) electrons. The van der Waals surface area contributed by atoms with Gasteiger partial charge in [0.05, 0.1) is 6.54 Å². The Morgan fingerprint density at radius 1 is 0.871 bits per heavy atom. The molecule has 0 aliphatic heterocycles. The van der Waals surface area contributed by atoms with Crippen LogP contribution in [0.2, 0.25) is 0 Å². The smallest absolute Gasteiger partial charge is 0.219 e. The zero-order valence-corrected chi connectivity index (χ0v) is 18.3. The van der Waals surface area contributed by atoms with Crippen LogP contribution >= 0.6 is 0 Å². The number of amides is 1. The fourth-order valence-electron chi connectivity index (χ4n) is 3.48. The minimum Gasteiger partial charge on any atom is -0.508 e. The Morgan fingerprint density at radius 3 is 2.00 bits per heavy atom. The van der Waals surface area contributed by atoms with Crippen molar-refractivity contribution in [3.05, 3.63) is 95.6 Å². The lowest BCUT2D eigenvalue weighted by molar-refractivity contribution is -0.127. The van der Waals surface area contributed by atoms with Gasteiger partial charge in [0.1, 0.15) is 18.1 Å². The van der Waals surface area contributed by atoms with Gasteiger partial charge in [-0.3, -0.25) is 4.79 Å². The molecule has 0 spiro atoms. The molecule has 0 heterocycles. The van der Waals surface area contributed by atoms with Crippen molar-refractivity contribution in [2.24, 2.45) is 0 Å². The molecule has 0 atom stereocenters. The summed E-state index contributed by atoms with van der Waals surface area (Å²) in [6, 6.07) is 25.8. The molecule has 3 rings (SSSR count). The molecule has 0 bridgehead atoms. The standard InChI is InChI=1S/C27H29NO3/c1-4-26(21-8-6-5-7-9-21)27(22-10-14-24(30)15-11-22)23-12-16-25(17-13-23)31-19-18-28(3)20(2)29/h5-17,30H,4,18-19H2,1-3H3/b27-26-. The first-order chi connectivity index (χ1) is 15.0. The highest BCUT2D eigenvalue weighted by atomic mass is 16.5. The summed E-state index contributed by atoms with van der Waals surface area (Å²) in [4.78, 5) is 13.0. The fraction of sp³-hybridized carbons (Fsp3) is 0.222. The van der Waals surface area contributed by atoms with Crippen molar-refractivity contribution in [2.75, 3.05) is 20.2 Å². The zero-order valence-electron chi connectivity index (χ0n) is 18.3. The van der Waals surface area contributed by atoms with Crippen molar-refractivity contribution >= 4 is 17.1 Å². The van der Waals surface area contributed by atoms with Crippen LogP contribution in [0.5, 0.6) is 11.5 Å². The van der Waals surface area contributed by atoms with E-state index in [0.717, 1.165) is 28.9 Å². The normalized spacial score (nSPS) is 11.6. The maximum atomic E-state index is 11.3. The van der Waals surface area contributed by atoms with Crippen molar-refractivity contribution in [3.8, 4) is 11.5 Å². The number of rotatable bonds is 8. The molecule has 4 nitrogen and oxygen atoms in total. The topological polar surface area (TPSA) is 49.8 Å². The van der Waals surface area contributed by atoms with Gasteiger partial charge in [0.15, 0.2) is 0 Å². The predicted molar refractivity (Wildman–Crippen MR) is 126 cm³/mol. The van der Waals surface area contributed by atoms with E-state index in [4.69, 9.17) is 4.74 Å². The molecule has 31 heavy (non-hydrogen) atoms. The van der Waals surface area contributed by atoms with Gasteiger partial charge in [0, 0.05) is 14.0 Å². The number of benzene rings is 3. The number of likely N-dealkylation sites (N-methyl/N-ethyl adjacent to an activating group) is 1. The fourth-order valence-corrected chi connectivity index (χ4v) is 3.48. The number of hydrogen-bond donors (Lipinski definition) is 1. The number of ether oxygens (including phenoxy) is 1.